The van der Waals surface area contributed by atoms with Crippen molar-refractivity contribution >= 4 is 11.7 Å². The van der Waals surface area contributed by atoms with Crippen LogP contribution in [-0.4, -0.2) is 11.1 Å². The Kier molecular flexibility index (Phi) is 11.0. The molecule has 1 unspecified atom stereocenters. The molecular formula is C25H38O3. The van der Waals surface area contributed by atoms with Crippen LogP contribution in [0.15, 0.2) is 30.3 Å². The van der Waals surface area contributed by atoms with Crippen LogP contribution in [0.2, 0.25) is 0 Å². The Hall–Kier alpha value is -1.61. The minimum Gasteiger partial charge on any atom is -0.426 e. The van der Waals surface area contributed by atoms with Crippen molar-refractivity contribution in [3.05, 3.63) is 41.5 Å². The molecule has 1 aliphatic carbocycles. The van der Waals surface area contributed by atoms with E-state index >= 15 is 0 Å². The van der Waals surface area contributed by atoms with E-state index in [0.717, 1.165) is 24.0 Å². The number of rotatable bonds is 15. The van der Waals surface area contributed by atoms with Crippen molar-refractivity contribution in [2.45, 2.75) is 103 Å². The topological polar surface area (TPSA) is 46.5 Å². The molecule has 3 heteroatoms. The summed E-state index contributed by atoms with van der Waals surface area (Å²) in [5.74, 6) is 0.307. The van der Waals surface area contributed by atoms with E-state index in [0.29, 0.717) is 12.2 Å². The summed E-state index contributed by atoms with van der Waals surface area (Å²) in [6.45, 7) is 2.26. The fraction of sp³-hybridized carbons (Fsp3) is 0.640. The summed E-state index contributed by atoms with van der Waals surface area (Å²) in [5.41, 5.74) is 1.64. The number of hydrogen-bond donors (Lipinski definition) is 1. The molecule has 156 valence electrons. The van der Waals surface area contributed by atoms with Crippen molar-refractivity contribution in [2.75, 3.05) is 0 Å². The summed E-state index contributed by atoms with van der Waals surface area (Å²) in [4.78, 5) is 12.1. The molecule has 2 rings (SSSR count). The van der Waals surface area contributed by atoms with Crippen molar-refractivity contribution in [3.8, 4) is 0 Å². The zero-order valence-corrected chi connectivity index (χ0v) is 17.6. The van der Waals surface area contributed by atoms with Gasteiger partial charge in [0, 0.05) is 12.0 Å². The molecule has 0 fully saturated rings. The van der Waals surface area contributed by atoms with Crippen LogP contribution in [0.5, 0.6) is 0 Å². The molecule has 0 heterocycles. The van der Waals surface area contributed by atoms with Gasteiger partial charge in [-0.25, -0.2) is 0 Å². The zero-order valence-electron chi connectivity index (χ0n) is 17.6. The predicted molar refractivity (Wildman–Crippen MR) is 116 cm³/mol. The van der Waals surface area contributed by atoms with Crippen LogP contribution in [0.25, 0.3) is 5.76 Å². The van der Waals surface area contributed by atoms with Crippen molar-refractivity contribution in [1.82, 2.24) is 0 Å². The van der Waals surface area contributed by atoms with Gasteiger partial charge in [0.25, 0.3) is 0 Å². The minimum absolute atomic E-state index is 0.196. The van der Waals surface area contributed by atoms with Gasteiger partial charge in [-0.3, -0.25) is 4.79 Å². The second-order valence-electron chi connectivity index (χ2n) is 8.03. The Labute approximate surface area is 171 Å². The summed E-state index contributed by atoms with van der Waals surface area (Å²) >= 11 is 0. The number of aliphatic hydroxyl groups excluding tert-OH is 1. The lowest BCUT2D eigenvalue weighted by Gasteiger charge is -2.07. The van der Waals surface area contributed by atoms with Crippen LogP contribution in [0.3, 0.4) is 0 Å². The predicted octanol–water partition coefficient (Wildman–Crippen LogP) is 7.10. The lowest BCUT2D eigenvalue weighted by molar-refractivity contribution is -0.136. The first-order valence-electron chi connectivity index (χ1n) is 11.4. The molecule has 1 atom stereocenters. The standard InChI is InChI=1S/C25H38O3/c1-2-3-4-5-6-7-8-9-10-11-12-13-14-19-25(27)28-24-20-23(26)21-17-15-16-18-22(21)24/h15-18,20,23,26H,2-14,19H2,1H3. The molecule has 0 saturated heterocycles. The maximum atomic E-state index is 12.1. The Bertz CT molecular complexity index is 606. The van der Waals surface area contributed by atoms with Gasteiger partial charge in [0.15, 0.2) is 0 Å². The maximum Gasteiger partial charge on any atom is 0.311 e. The molecule has 0 aromatic heterocycles. The summed E-state index contributed by atoms with van der Waals surface area (Å²) in [6.07, 6.45) is 18.2. The Balaban J connectivity index is 1.44. The van der Waals surface area contributed by atoms with E-state index in [2.05, 4.69) is 6.92 Å². The van der Waals surface area contributed by atoms with Gasteiger partial charge in [-0.05, 0) is 18.1 Å². The fourth-order valence-corrected chi connectivity index (χ4v) is 3.85. The number of fused-ring (bicyclic) bond motifs is 1. The highest BCUT2D eigenvalue weighted by Crippen LogP contribution is 2.34. The number of ether oxygens (including phenoxy) is 1. The summed E-state index contributed by atoms with van der Waals surface area (Å²) < 4.78 is 5.48. The molecule has 1 aromatic carbocycles. The van der Waals surface area contributed by atoms with Gasteiger partial charge in [0.1, 0.15) is 11.9 Å². The first kappa shape index (κ1) is 22.7. The number of esters is 1. The van der Waals surface area contributed by atoms with Crippen molar-refractivity contribution in [2.24, 2.45) is 0 Å². The molecule has 0 amide bonds. The Morgan fingerprint density at radius 1 is 0.857 bits per heavy atom. The molecule has 0 saturated carbocycles. The van der Waals surface area contributed by atoms with E-state index in [1.807, 2.05) is 24.3 Å². The lowest BCUT2D eigenvalue weighted by atomic mass is 10.0. The third-order valence-electron chi connectivity index (χ3n) is 5.56. The van der Waals surface area contributed by atoms with Crippen LogP contribution < -0.4 is 0 Å². The second-order valence-corrected chi connectivity index (χ2v) is 8.03. The van der Waals surface area contributed by atoms with Gasteiger partial charge in [-0.2, -0.15) is 0 Å². The summed E-state index contributed by atoms with van der Waals surface area (Å²) in [6, 6.07) is 7.53. The van der Waals surface area contributed by atoms with E-state index in [1.54, 1.807) is 6.08 Å². The third kappa shape index (κ3) is 8.18. The molecule has 1 aromatic rings. The van der Waals surface area contributed by atoms with Crippen molar-refractivity contribution in [3.63, 3.8) is 0 Å². The van der Waals surface area contributed by atoms with Gasteiger partial charge in [0.05, 0.1) is 0 Å². The Morgan fingerprint density at radius 2 is 1.39 bits per heavy atom. The molecule has 0 spiro atoms. The lowest BCUT2D eigenvalue weighted by Crippen LogP contribution is -2.03. The third-order valence-corrected chi connectivity index (χ3v) is 5.56. The maximum absolute atomic E-state index is 12.1. The van der Waals surface area contributed by atoms with E-state index in [1.165, 1.54) is 70.6 Å². The molecule has 0 aliphatic heterocycles. The van der Waals surface area contributed by atoms with Crippen LogP contribution in [0.1, 0.15) is 114 Å². The van der Waals surface area contributed by atoms with Gasteiger partial charge < -0.3 is 9.84 Å². The van der Waals surface area contributed by atoms with Crippen LogP contribution in [-0.2, 0) is 9.53 Å². The average Bonchev–Trinajstić information content (AvgIpc) is 3.01. The fourth-order valence-electron chi connectivity index (χ4n) is 3.85. The molecule has 1 aliphatic rings. The number of carbonyl (C=O) groups is 1. The molecule has 28 heavy (non-hydrogen) atoms. The highest BCUT2D eigenvalue weighted by Gasteiger charge is 2.23. The smallest absolute Gasteiger partial charge is 0.311 e. The largest absolute Gasteiger partial charge is 0.426 e. The molecule has 1 N–H and O–H groups in total. The van der Waals surface area contributed by atoms with Gasteiger partial charge in [0.2, 0.25) is 0 Å². The number of carbonyl (C=O) groups excluding carboxylic acids is 1. The SMILES string of the molecule is CCCCCCCCCCCCCCCC(=O)OC1=CC(O)c2ccccc21. The Morgan fingerprint density at radius 3 is 2.00 bits per heavy atom. The van der Waals surface area contributed by atoms with Gasteiger partial charge >= 0.3 is 5.97 Å². The number of hydrogen-bond acceptors (Lipinski definition) is 3. The van der Waals surface area contributed by atoms with Crippen LogP contribution in [0.4, 0.5) is 0 Å². The number of unbranched alkanes of at least 4 members (excludes halogenated alkanes) is 12. The highest BCUT2D eigenvalue weighted by molar-refractivity contribution is 5.81. The first-order chi connectivity index (χ1) is 13.7. The minimum atomic E-state index is -0.671. The van der Waals surface area contributed by atoms with Crippen molar-refractivity contribution < 1.29 is 14.6 Å². The van der Waals surface area contributed by atoms with Gasteiger partial charge in [-0.1, -0.05) is 108 Å². The normalized spacial score (nSPS) is 15.4. The summed E-state index contributed by atoms with van der Waals surface area (Å²) in [5, 5.41) is 10.00. The first-order valence-corrected chi connectivity index (χ1v) is 11.4. The number of benzene rings is 1. The molecule has 3 nitrogen and oxygen atoms in total. The van der Waals surface area contributed by atoms with Crippen LogP contribution in [0, 0.1) is 0 Å². The van der Waals surface area contributed by atoms with E-state index in [4.69, 9.17) is 4.74 Å². The highest BCUT2D eigenvalue weighted by atomic mass is 16.5. The van der Waals surface area contributed by atoms with E-state index in [9.17, 15) is 9.90 Å². The zero-order chi connectivity index (χ0) is 20.0. The van der Waals surface area contributed by atoms with E-state index in [-0.39, 0.29) is 5.97 Å². The molecular weight excluding hydrogens is 348 g/mol. The molecule has 0 radical (unpaired) electrons. The second kappa shape index (κ2) is 13.5. The quantitative estimate of drug-likeness (QED) is 0.258. The van der Waals surface area contributed by atoms with Gasteiger partial charge in [-0.15, -0.1) is 0 Å². The van der Waals surface area contributed by atoms with Crippen LogP contribution >= 0.6 is 0 Å². The molecule has 0 bridgehead atoms. The number of aliphatic hydroxyl groups is 1. The average molecular weight is 387 g/mol. The monoisotopic (exact) mass is 386 g/mol. The summed E-state index contributed by atoms with van der Waals surface area (Å²) in [7, 11) is 0. The van der Waals surface area contributed by atoms with E-state index < -0.39 is 6.10 Å². The van der Waals surface area contributed by atoms with Crippen molar-refractivity contribution in [1.29, 1.82) is 0 Å².